The van der Waals surface area contributed by atoms with E-state index in [2.05, 4.69) is 45.0 Å². The first-order chi connectivity index (χ1) is 5.24. The van der Waals surface area contributed by atoms with E-state index >= 15 is 0 Å². The standard InChI is InChI=1S/C11H15/c1-4-10(3)11-7-5-9(2)6-8-11/h5-8,10H,2,4H2,1,3H3. The zero-order valence-electron chi connectivity index (χ0n) is 7.30. The molecule has 1 rings (SSSR count). The molecule has 0 heteroatoms. The monoisotopic (exact) mass is 147 g/mol. The van der Waals surface area contributed by atoms with Crippen LogP contribution in [0.1, 0.15) is 37.3 Å². The van der Waals surface area contributed by atoms with Crippen molar-refractivity contribution in [1.82, 2.24) is 0 Å². The Kier molecular flexibility index (Phi) is 2.70. The molecule has 0 saturated carbocycles. The van der Waals surface area contributed by atoms with Crippen molar-refractivity contribution >= 4 is 0 Å². The first kappa shape index (κ1) is 8.32. The summed E-state index contributed by atoms with van der Waals surface area (Å²) in [6.07, 6.45) is 1.20. The van der Waals surface area contributed by atoms with E-state index in [0.29, 0.717) is 5.92 Å². The molecule has 0 amide bonds. The van der Waals surface area contributed by atoms with Crippen LogP contribution in [0.15, 0.2) is 24.3 Å². The van der Waals surface area contributed by atoms with Gasteiger partial charge in [-0.2, -0.15) is 0 Å². The van der Waals surface area contributed by atoms with Crippen molar-refractivity contribution in [2.75, 3.05) is 0 Å². The lowest BCUT2D eigenvalue weighted by molar-refractivity contribution is 0.733. The van der Waals surface area contributed by atoms with Crippen LogP contribution in [-0.4, -0.2) is 0 Å². The van der Waals surface area contributed by atoms with Crippen LogP contribution in [0.4, 0.5) is 0 Å². The van der Waals surface area contributed by atoms with Gasteiger partial charge in [-0.05, 0) is 30.4 Å². The Morgan fingerprint density at radius 2 is 1.82 bits per heavy atom. The smallest absolute Gasteiger partial charge is 0.0193 e. The third-order valence-electron chi connectivity index (χ3n) is 2.16. The molecule has 0 aliphatic rings. The van der Waals surface area contributed by atoms with Crippen molar-refractivity contribution in [1.29, 1.82) is 0 Å². The maximum absolute atomic E-state index is 3.85. The van der Waals surface area contributed by atoms with Gasteiger partial charge < -0.3 is 0 Å². The summed E-state index contributed by atoms with van der Waals surface area (Å²) in [6, 6.07) is 8.47. The first-order valence-electron chi connectivity index (χ1n) is 4.16. The van der Waals surface area contributed by atoms with Crippen molar-refractivity contribution < 1.29 is 0 Å². The maximum Gasteiger partial charge on any atom is -0.0193 e. The van der Waals surface area contributed by atoms with E-state index in [1.54, 1.807) is 0 Å². The Bertz CT molecular complexity index is 208. The van der Waals surface area contributed by atoms with Gasteiger partial charge in [-0.1, -0.05) is 38.1 Å². The van der Waals surface area contributed by atoms with E-state index in [9.17, 15) is 0 Å². The molecular weight excluding hydrogens is 132 g/mol. The van der Waals surface area contributed by atoms with Gasteiger partial charge in [0, 0.05) is 0 Å². The molecule has 59 valence electrons. The predicted molar refractivity (Wildman–Crippen MR) is 49.6 cm³/mol. The summed E-state index contributed by atoms with van der Waals surface area (Å²) in [7, 11) is 0. The third kappa shape index (κ3) is 2.07. The summed E-state index contributed by atoms with van der Waals surface area (Å²) >= 11 is 0. The molecule has 0 saturated heterocycles. The van der Waals surface area contributed by atoms with Crippen molar-refractivity contribution in [2.24, 2.45) is 0 Å². The fraction of sp³-hybridized carbons (Fsp3) is 0.364. The molecule has 0 aliphatic carbocycles. The van der Waals surface area contributed by atoms with E-state index in [0.717, 1.165) is 5.56 Å². The molecule has 1 radical (unpaired) electrons. The van der Waals surface area contributed by atoms with Gasteiger partial charge >= 0.3 is 0 Å². The molecule has 0 nitrogen and oxygen atoms in total. The minimum Gasteiger partial charge on any atom is -0.0648 e. The number of benzene rings is 1. The van der Waals surface area contributed by atoms with Gasteiger partial charge in [-0.25, -0.2) is 0 Å². The highest BCUT2D eigenvalue weighted by Gasteiger charge is 2.00. The molecule has 0 spiro atoms. The largest absolute Gasteiger partial charge is 0.0648 e. The van der Waals surface area contributed by atoms with E-state index in [4.69, 9.17) is 0 Å². The Morgan fingerprint density at radius 1 is 1.27 bits per heavy atom. The molecule has 1 aromatic carbocycles. The molecule has 0 heterocycles. The van der Waals surface area contributed by atoms with Crippen LogP contribution >= 0.6 is 0 Å². The van der Waals surface area contributed by atoms with Gasteiger partial charge in [-0.15, -0.1) is 0 Å². The van der Waals surface area contributed by atoms with Gasteiger partial charge in [-0.3, -0.25) is 0 Å². The SMILES string of the molecule is [CH2]c1ccc(C(C)CC)cc1. The summed E-state index contributed by atoms with van der Waals surface area (Å²) in [5, 5.41) is 0. The highest BCUT2D eigenvalue weighted by atomic mass is 14.0. The summed E-state index contributed by atoms with van der Waals surface area (Å²) in [5.41, 5.74) is 2.51. The van der Waals surface area contributed by atoms with Gasteiger partial charge in [0.15, 0.2) is 0 Å². The van der Waals surface area contributed by atoms with E-state index < -0.39 is 0 Å². The molecule has 1 atom stereocenters. The topological polar surface area (TPSA) is 0 Å². The van der Waals surface area contributed by atoms with Crippen molar-refractivity contribution in [3.8, 4) is 0 Å². The second kappa shape index (κ2) is 3.56. The minimum absolute atomic E-state index is 0.676. The van der Waals surface area contributed by atoms with Crippen LogP contribution < -0.4 is 0 Å². The summed E-state index contributed by atoms with van der Waals surface area (Å²) in [4.78, 5) is 0. The van der Waals surface area contributed by atoms with Crippen molar-refractivity contribution in [3.05, 3.63) is 42.3 Å². The average Bonchev–Trinajstić information content (AvgIpc) is 2.05. The second-order valence-electron chi connectivity index (χ2n) is 3.05. The van der Waals surface area contributed by atoms with E-state index in [1.165, 1.54) is 12.0 Å². The Balaban J connectivity index is 2.81. The van der Waals surface area contributed by atoms with Gasteiger partial charge in [0.05, 0.1) is 0 Å². The Morgan fingerprint density at radius 3 is 2.27 bits per heavy atom. The highest BCUT2D eigenvalue weighted by molar-refractivity contribution is 5.26. The van der Waals surface area contributed by atoms with Crippen LogP contribution in [0.3, 0.4) is 0 Å². The summed E-state index contributed by atoms with van der Waals surface area (Å²) < 4.78 is 0. The quantitative estimate of drug-likeness (QED) is 0.601. The molecule has 0 aliphatic heterocycles. The lowest BCUT2D eigenvalue weighted by Gasteiger charge is -2.07. The van der Waals surface area contributed by atoms with Crippen LogP contribution in [0, 0.1) is 6.92 Å². The first-order valence-corrected chi connectivity index (χ1v) is 4.16. The Labute approximate surface area is 69.3 Å². The maximum atomic E-state index is 3.85. The zero-order chi connectivity index (χ0) is 8.27. The number of hydrogen-bond acceptors (Lipinski definition) is 0. The number of rotatable bonds is 2. The van der Waals surface area contributed by atoms with Crippen molar-refractivity contribution in [3.63, 3.8) is 0 Å². The minimum atomic E-state index is 0.676. The molecule has 0 aromatic heterocycles. The second-order valence-corrected chi connectivity index (χ2v) is 3.05. The molecule has 0 N–H and O–H groups in total. The molecule has 0 bridgehead atoms. The van der Waals surface area contributed by atoms with Gasteiger partial charge in [0.2, 0.25) is 0 Å². The van der Waals surface area contributed by atoms with Crippen LogP contribution in [-0.2, 0) is 0 Å². The lowest BCUT2D eigenvalue weighted by atomic mass is 9.98. The summed E-state index contributed by atoms with van der Waals surface area (Å²) in [5.74, 6) is 0.676. The fourth-order valence-electron chi connectivity index (χ4n) is 1.08. The normalized spacial score (nSPS) is 13.0. The molecular formula is C11H15. The Hall–Kier alpha value is -0.780. The average molecular weight is 147 g/mol. The lowest BCUT2D eigenvalue weighted by Crippen LogP contribution is -1.89. The fourth-order valence-corrected chi connectivity index (χ4v) is 1.08. The van der Waals surface area contributed by atoms with Gasteiger partial charge in [0.25, 0.3) is 0 Å². The van der Waals surface area contributed by atoms with Crippen LogP contribution in [0.5, 0.6) is 0 Å². The summed E-state index contributed by atoms with van der Waals surface area (Å²) in [6.45, 7) is 8.31. The predicted octanol–water partition coefficient (Wildman–Crippen LogP) is 3.38. The van der Waals surface area contributed by atoms with Crippen LogP contribution in [0.2, 0.25) is 0 Å². The zero-order valence-corrected chi connectivity index (χ0v) is 7.30. The molecule has 1 aromatic rings. The van der Waals surface area contributed by atoms with E-state index in [1.807, 2.05) is 0 Å². The molecule has 11 heavy (non-hydrogen) atoms. The molecule has 0 fully saturated rings. The number of hydrogen-bond donors (Lipinski definition) is 0. The van der Waals surface area contributed by atoms with Crippen LogP contribution in [0.25, 0.3) is 0 Å². The third-order valence-corrected chi connectivity index (χ3v) is 2.16. The molecule has 1 unspecified atom stereocenters. The van der Waals surface area contributed by atoms with Crippen molar-refractivity contribution in [2.45, 2.75) is 26.2 Å². The van der Waals surface area contributed by atoms with E-state index in [-0.39, 0.29) is 0 Å². The highest BCUT2D eigenvalue weighted by Crippen LogP contribution is 2.18. The van der Waals surface area contributed by atoms with Gasteiger partial charge in [0.1, 0.15) is 0 Å².